The second kappa shape index (κ2) is 7.33. The highest BCUT2D eigenvalue weighted by molar-refractivity contribution is 6.39. The fourth-order valence-electron chi connectivity index (χ4n) is 1.43. The summed E-state index contributed by atoms with van der Waals surface area (Å²) in [6, 6.07) is 1.80. The smallest absolute Gasteiger partial charge is 0.330 e. The van der Waals surface area contributed by atoms with Crippen molar-refractivity contribution in [2.75, 3.05) is 26.6 Å². The Bertz CT molecular complexity index is 499. The molecule has 0 bridgehead atoms. The lowest BCUT2D eigenvalue weighted by Gasteiger charge is -2.16. The van der Waals surface area contributed by atoms with Crippen LogP contribution in [0.25, 0.3) is 0 Å². The number of hydrogen-bond donors (Lipinski definition) is 2. The first-order chi connectivity index (χ1) is 9.40. The van der Waals surface area contributed by atoms with Crippen molar-refractivity contribution in [3.63, 3.8) is 0 Å². The number of esters is 1. The number of benzene rings is 1. The molecule has 0 aliphatic heterocycles. The number of methoxy groups -OCH3 is 2. The lowest BCUT2D eigenvalue weighted by atomic mass is 10.1. The molecule has 0 fully saturated rings. The molecule has 1 amide bonds. The van der Waals surface area contributed by atoms with E-state index in [0.29, 0.717) is 0 Å². The van der Waals surface area contributed by atoms with Gasteiger partial charge in [-0.3, -0.25) is 4.79 Å². The number of amides is 1. The number of carbonyl (C=O) groups is 2. The summed E-state index contributed by atoms with van der Waals surface area (Å²) in [6.45, 7) is -0.0190. The number of anilines is 1. The third kappa shape index (κ3) is 4.00. The molecule has 0 saturated heterocycles. The van der Waals surface area contributed by atoms with Crippen molar-refractivity contribution in [3.05, 3.63) is 27.7 Å². The van der Waals surface area contributed by atoms with Crippen molar-refractivity contribution >= 4 is 40.8 Å². The van der Waals surface area contributed by atoms with Crippen LogP contribution in [0.5, 0.6) is 0 Å². The quantitative estimate of drug-likeness (QED) is 0.633. The maximum atomic E-state index is 12.0. The van der Waals surface area contributed by atoms with Gasteiger partial charge in [-0.05, 0) is 12.1 Å². The van der Waals surface area contributed by atoms with Gasteiger partial charge >= 0.3 is 5.97 Å². The van der Waals surface area contributed by atoms with Gasteiger partial charge in [-0.25, -0.2) is 4.79 Å². The zero-order chi connectivity index (χ0) is 15.3. The summed E-state index contributed by atoms with van der Waals surface area (Å²) in [5, 5.41) is 2.78. The van der Waals surface area contributed by atoms with Crippen LogP contribution in [-0.2, 0) is 14.3 Å². The predicted octanol–water partition coefficient (Wildman–Crippen LogP) is 1.49. The predicted molar refractivity (Wildman–Crippen MR) is 76.0 cm³/mol. The Kier molecular flexibility index (Phi) is 6.06. The minimum Gasteiger partial charge on any atom is -0.467 e. The summed E-state index contributed by atoms with van der Waals surface area (Å²) in [5.74, 6) is -1.16. The highest BCUT2D eigenvalue weighted by atomic mass is 35.5. The van der Waals surface area contributed by atoms with Crippen LogP contribution in [-0.4, -0.2) is 38.7 Å². The molecule has 0 aliphatic carbocycles. The zero-order valence-corrected chi connectivity index (χ0v) is 12.4. The number of halogens is 2. The van der Waals surface area contributed by atoms with E-state index in [1.807, 2.05) is 0 Å². The summed E-state index contributed by atoms with van der Waals surface area (Å²) in [7, 11) is 2.62. The summed E-state index contributed by atoms with van der Waals surface area (Å²) < 4.78 is 9.41. The monoisotopic (exact) mass is 320 g/mol. The van der Waals surface area contributed by atoms with Crippen LogP contribution < -0.4 is 11.1 Å². The van der Waals surface area contributed by atoms with Gasteiger partial charge in [0.05, 0.1) is 29.4 Å². The molecule has 1 rings (SSSR count). The van der Waals surface area contributed by atoms with Crippen molar-refractivity contribution < 1.29 is 19.1 Å². The number of carbonyl (C=O) groups excluding carboxylic acids is 2. The molecule has 8 heteroatoms. The van der Waals surface area contributed by atoms with Crippen LogP contribution in [0.15, 0.2) is 12.1 Å². The van der Waals surface area contributed by atoms with Crippen molar-refractivity contribution in [1.82, 2.24) is 5.32 Å². The van der Waals surface area contributed by atoms with Gasteiger partial charge in [-0.15, -0.1) is 0 Å². The summed E-state index contributed by atoms with van der Waals surface area (Å²) >= 11 is 11.7. The van der Waals surface area contributed by atoms with Crippen molar-refractivity contribution in [2.45, 2.75) is 6.04 Å². The Morgan fingerprint density at radius 2 is 1.85 bits per heavy atom. The third-order valence-corrected chi connectivity index (χ3v) is 3.09. The van der Waals surface area contributed by atoms with E-state index in [0.717, 1.165) is 0 Å². The Balaban J connectivity index is 2.91. The average Bonchev–Trinajstić information content (AvgIpc) is 2.42. The molecule has 0 spiro atoms. The van der Waals surface area contributed by atoms with Gasteiger partial charge < -0.3 is 20.5 Å². The minimum absolute atomic E-state index is 0.0190. The van der Waals surface area contributed by atoms with E-state index >= 15 is 0 Å². The van der Waals surface area contributed by atoms with E-state index in [2.05, 4.69) is 10.1 Å². The van der Waals surface area contributed by atoms with E-state index in [1.165, 1.54) is 26.4 Å². The van der Waals surface area contributed by atoms with E-state index in [1.54, 1.807) is 0 Å². The number of ether oxygens (including phenoxy) is 2. The first-order valence-electron chi connectivity index (χ1n) is 5.52. The SMILES string of the molecule is COCC(NC(=O)c1cc(Cl)c(N)c(Cl)c1)C(=O)OC. The first-order valence-corrected chi connectivity index (χ1v) is 6.28. The normalized spacial score (nSPS) is 11.8. The number of hydrogen-bond acceptors (Lipinski definition) is 5. The molecule has 0 heterocycles. The summed E-state index contributed by atoms with van der Waals surface area (Å²) in [5.41, 5.74) is 5.95. The molecular weight excluding hydrogens is 307 g/mol. The van der Waals surface area contributed by atoms with Crippen molar-refractivity contribution in [3.8, 4) is 0 Å². The number of rotatable bonds is 5. The lowest BCUT2D eigenvalue weighted by Crippen LogP contribution is -2.44. The van der Waals surface area contributed by atoms with E-state index in [4.69, 9.17) is 33.7 Å². The highest BCUT2D eigenvalue weighted by Gasteiger charge is 2.22. The van der Waals surface area contributed by atoms with Crippen LogP contribution >= 0.6 is 23.2 Å². The van der Waals surface area contributed by atoms with Crippen LogP contribution in [0.2, 0.25) is 10.0 Å². The Morgan fingerprint density at radius 1 is 1.30 bits per heavy atom. The molecule has 6 nitrogen and oxygen atoms in total. The number of nitrogen functional groups attached to an aromatic ring is 1. The topological polar surface area (TPSA) is 90.6 Å². The molecule has 1 aromatic rings. The third-order valence-electron chi connectivity index (χ3n) is 2.47. The molecule has 20 heavy (non-hydrogen) atoms. The highest BCUT2D eigenvalue weighted by Crippen LogP contribution is 2.28. The second-order valence-corrected chi connectivity index (χ2v) is 4.67. The largest absolute Gasteiger partial charge is 0.467 e. The summed E-state index contributed by atoms with van der Waals surface area (Å²) in [6.07, 6.45) is 0. The fraction of sp³-hybridized carbons (Fsp3) is 0.333. The van der Waals surface area contributed by atoms with Gasteiger partial charge in [0, 0.05) is 12.7 Å². The van der Waals surface area contributed by atoms with Crippen LogP contribution in [0.4, 0.5) is 5.69 Å². The standard InChI is InChI=1S/C12H14Cl2N2O4/c1-19-5-9(12(18)20-2)16-11(17)6-3-7(13)10(15)8(14)4-6/h3-4,9H,5,15H2,1-2H3,(H,16,17). The van der Waals surface area contributed by atoms with E-state index in [-0.39, 0.29) is 27.9 Å². The van der Waals surface area contributed by atoms with Gasteiger partial charge in [0.15, 0.2) is 6.04 Å². The fourth-order valence-corrected chi connectivity index (χ4v) is 1.92. The molecule has 1 unspecified atom stereocenters. The Hall–Kier alpha value is -1.50. The molecule has 0 aliphatic rings. The second-order valence-electron chi connectivity index (χ2n) is 3.86. The van der Waals surface area contributed by atoms with E-state index in [9.17, 15) is 9.59 Å². The number of nitrogens with one attached hydrogen (secondary N) is 1. The molecule has 0 saturated carbocycles. The van der Waals surface area contributed by atoms with E-state index < -0.39 is 17.9 Å². The van der Waals surface area contributed by atoms with Crippen molar-refractivity contribution in [1.29, 1.82) is 0 Å². The molecular formula is C12H14Cl2N2O4. The molecule has 110 valence electrons. The average molecular weight is 321 g/mol. The maximum absolute atomic E-state index is 12.0. The summed E-state index contributed by atoms with van der Waals surface area (Å²) in [4.78, 5) is 23.5. The molecule has 0 aromatic heterocycles. The molecule has 1 aromatic carbocycles. The molecule has 1 atom stereocenters. The van der Waals surface area contributed by atoms with Crippen LogP contribution in [0.3, 0.4) is 0 Å². The van der Waals surface area contributed by atoms with Crippen LogP contribution in [0.1, 0.15) is 10.4 Å². The number of nitrogens with two attached hydrogens (primary N) is 1. The molecule has 3 N–H and O–H groups in total. The Labute approximate surface area is 126 Å². The van der Waals surface area contributed by atoms with Gasteiger partial charge in [-0.1, -0.05) is 23.2 Å². The lowest BCUT2D eigenvalue weighted by molar-refractivity contribution is -0.144. The van der Waals surface area contributed by atoms with Crippen molar-refractivity contribution in [2.24, 2.45) is 0 Å². The molecule has 0 radical (unpaired) electrons. The van der Waals surface area contributed by atoms with Gasteiger partial charge in [-0.2, -0.15) is 0 Å². The first kappa shape index (κ1) is 16.6. The zero-order valence-electron chi connectivity index (χ0n) is 10.9. The van der Waals surface area contributed by atoms with Crippen LogP contribution in [0, 0.1) is 0 Å². The van der Waals surface area contributed by atoms with Gasteiger partial charge in [0.2, 0.25) is 0 Å². The maximum Gasteiger partial charge on any atom is 0.330 e. The Morgan fingerprint density at radius 3 is 2.30 bits per heavy atom. The van der Waals surface area contributed by atoms with Gasteiger partial charge in [0.25, 0.3) is 5.91 Å². The van der Waals surface area contributed by atoms with Gasteiger partial charge in [0.1, 0.15) is 0 Å². The minimum atomic E-state index is -0.924.